The number of rotatable bonds is 5. The van der Waals surface area contributed by atoms with Crippen LogP contribution in [0, 0.1) is 0 Å². The van der Waals surface area contributed by atoms with Crippen molar-refractivity contribution >= 4 is 42.9 Å². The number of anilines is 2. The molecule has 38 heavy (non-hydrogen) atoms. The zero-order chi connectivity index (χ0) is 25.3. The third-order valence-corrected chi connectivity index (χ3v) is 8.25. The van der Waals surface area contributed by atoms with Crippen molar-refractivity contribution in [3.8, 4) is 33.4 Å². The largest absolute Gasteiger partial charge is 0.356 e. The van der Waals surface area contributed by atoms with E-state index in [9.17, 15) is 0 Å². The summed E-state index contributed by atoms with van der Waals surface area (Å²) < 4.78 is 2.68. The lowest BCUT2D eigenvalue weighted by Gasteiger charge is -2.10. The average molecular weight is 504 g/mol. The van der Waals surface area contributed by atoms with E-state index in [0.29, 0.717) is 0 Å². The van der Waals surface area contributed by atoms with E-state index >= 15 is 0 Å². The molecule has 2 heteroatoms. The quantitative estimate of drug-likeness (QED) is 0.246. The van der Waals surface area contributed by atoms with Gasteiger partial charge in [-0.3, -0.25) is 0 Å². The lowest BCUT2D eigenvalue weighted by molar-refractivity contribution is 1.53. The van der Waals surface area contributed by atoms with Crippen LogP contribution in [0.5, 0.6) is 0 Å². The van der Waals surface area contributed by atoms with Gasteiger partial charge < -0.3 is 5.32 Å². The van der Waals surface area contributed by atoms with Gasteiger partial charge in [0.1, 0.15) is 0 Å². The van der Waals surface area contributed by atoms with E-state index in [-0.39, 0.29) is 0 Å². The molecule has 0 aliphatic rings. The van der Waals surface area contributed by atoms with Gasteiger partial charge in [-0.1, -0.05) is 103 Å². The lowest BCUT2D eigenvalue weighted by Crippen LogP contribution is -1.90. The maximum atomic E-state index is 3.54. The van der Waals surface area contributed by atoms with Crippen molar-refractivity contribution < 1.29 is 0 Å². The van der Waals surface area contributed by atoms with E-state index in [4.69, 9.17) is 0 Å². The molecule has 7 rings (SSSR count). The molecule has 0 atom stereocenters. The third kappa shape index (κ3) is 4.36. The molecule has 1 nitrogen and oxygen atoms in total. The highest BCUT2D eigenvalue weighted by Gasteiger charge is 2.07. The Hall–Kier alpha value is -4.66. The van der Waals surface area contributed by atoms with Crippen LogP contribution >= 0.6 is 11.3 Å². The summed E-state index contributed by atoms with van der Waals surface area (Å²) in [6.45, 7) is 0. The molecule has 0 aliphatic carbocycles. The van der Waals surface area contributed by atoms with Gasteiger partial charge >= 0.3 is 0 Å². The van der Waals surface area contributed by atoms with Crippen LogP contribution in [0.4, 0.5) is 11.4 Å². The highest BCUT2D eigenvalue weighted by Crippen LogP contribution is 2.36. The minimum Gasteiger partial charge on any atom is -0.356 e. The minimum atomic E-state index is 1.08. The fraction of sp³-hybridized carbons (Fsp3) is 0. The van der Waals surface area contributed by atoms with Crippen molar-refractivity contribution in [1.29, 1.82) is 0 Å². The van der Waals surface area contributed by atoms with Crippen LogP contribution in [0.15, 0.2) is 146 Å². The Morgan fingerprint density at radius 3 is 1.42 bits per heavy atom. The molecule has 0 bridgehead atoms. The fourth-order valence-corrected chi connectivity index (χ4v) is 6.14. The zero-order valence-electron chi connectivity index (χ0n) is 20.8. The Bertz CT molecular complexity index is 1850. The van der Waals surface area contributed by atoms with Crippen LogP contribution in [0.25, 0.3) is 53.6 Å². The molecule has 0 saturated carbocycles. The van der Waals surface area contributed by atoms with Gasteiger partial charge in [0.25, 0.3) is 0 Å². The summed E-state index contributed by atoms with van der Waals surface area (Å²) in [5.41, 5.74) is 9.53. The van der Waals surface area contributed by atoms with Crippen LogP contribution < -0.4 is 5.32 Å². The number of fused-ring (bicyclic) bond motifs is 3. The van der Waals surface area contributed by atoms with Crippen LogP contribution in [-0.2, 0) is 0 Å². The van der Waals surface area contributed by atoms with Gasteiger partial charge in [-0.05, 0) is 75.8 Å². The summed E-state index contributed by atoms with van der Waals surface area (Å²) in [4.78, 5) is 0. The molecule has 0 saturated heterocycles. The highest BCUT2D eigenvalue weighted by atomic mass is 32.1. The predicted molar refractivity (Wildman–Crippen MR) is 165 cm³/mol. The Labute approximate surface area is 226 Å². The summed E-state index contributed by atoms with van der Waals surface area (Å²) in [5.74, 6) is 0. The standard InChI is InChI=1S/C36H25NS/c1-2-6-25(7-3-1)26-10-12-27(13-11-26)28-14-19-31(20-15-28)37-32-21-16-29(17-22-32)30-18-23-36-34(24-30)33-8-4-5-9-35(33)38-36/h1-24,37H. The molecule has 1 aromatic heterocycles. The lowest BCUT2D eigenvalue weighted by atomic mass is 10.0. The zero-order valence-corrected chi connectivity index (χ0v) is 21.6. The number of benzene rings is 6. The van der Waals surface area contributed by atoms with E-state index in [1.54, 1.807) is 0 Å². The molecule has 1 N–H and O–H groups in total. The van der Waals surface area contributed by atoms with Crippen molar-refractivity contribution in [3.63, 3.8) is 0 Å². The molecular formula is C36H25NS. The third-order valence-electron chi connectivity index (χ3n) is 7.09. The molecule has 0 aliphatic heterocycles. The van der Waals surface area contributed by atoms with E-state index in [2.05, 4.69) is 151 Å². The van der Waals surface area contributed by atoms with E-state index < -0.39 is 0 Å². The molecule has 0 unspecified atom stereocenters. The maximum absolute atomic E-state index is 3.54. The van der Waals surface area contributed by atoms with E-state index in [1.165, 1.54) is 53.6 Å². The first-order valence-electron chi connectivity index (χ1n) is 12.8. The summed E-state index contributed by atoms with van der Waals surface area (Å²) in [6, 6.07) is 52.1. The second-order valence-electron chi connectivity index (χ2n) is 9.53. The molecule has 0 spiro atoms. The summed E-state index contributed by atoms with van der Waals surface area (Å²) in [6.07, 6.45) is 0. The number of thiophene rings is 1. The number of hydrogen-bond donors (Lipinski definition) is 1. The van der Waals surface area contributed by atoms with Gasteiger partial charge in [0, 0.05) is 31.5 Å². The molecule has 6 aromatic carbocycles. The van der Waals surface area contributed by atoms with Gasteiger partial charge in [0.15, 0.2) is 0 Å². The summed E-state index contributed by atoms with van der Waals surface area (Å²) >= 11 is 1.86. The Morgan fingerprint density at radius 2 is 0.789 bits per heavy atom. The van der Waals surface area contributed by atoms with Crippen molar-refractivity contribution in [2.75, 3.05) is 5.32 Å². The fourth-order valence-electron chi connectivity index (χ4n) is 5.05. The average Bonchev–Trinajstić information content (AvgIpc) is 3.37. The number of hydrogen-bond acceptors (Lipinski definition) is 2. The monoisotopic (exact) mass is 503 g/mol. The topological polar surface area (TPSA) is 12.0 Å². The van der Waals surface area contributed by atoms with Crippen molar-refractivity contribution in [2.45, 2.75) is 0 Å². The minimum absolute atomic E-state index is 1.08. The molecule has 0 radical (unpaired) electrons. The Balaban J connectivity index is 1.07. The molecule has 7 aromatic rings. The van der Waals surface area contributed by atoms with Crippen LogP contribution in [-0.4, -0.2) is 0 Å². The van der Waals surface area contributed by atoms with Crippen LogP contribution in [0.2, 0.25) is 0 Å². The van der Waals surface area contributed by atoms with E-state index in [1.807, 2.05) is 11.3 Å². The maximum Gasteiger partial charge on any atom is 0.0384 e. The number of nitrogens with one attached hydrogen (secondary N) is 1. The Morgan fingerprint density at radius 1 is 0.342 bits per heavy atom. The SMILES string of the molecule is c1ccc(-c2ccc(-c3ccc(Nc4ccc(-c5ccc6sc7ccccc7c6c5)cc4)cc3)cc2)cc1. The predicted octanol–water partition coefficient (Wildman–Crippen LogP) is 10.8. The van der Waals surface area contributed by atoms with Crippen LogP contribution in [0.3, 0.4) is 0 Å². The molecule has 1 heterocycles. The molecule has 0 fully saturated rings. The molecular weight excluding hydrogens is 478 g/mol. The van der Waals surface area contributed by atoms with Crippen molar-refractivity contribution in [1.82, 2.24) is 0 Å². The van der Waals surface area contributed by atoms with Gasteiger partial charge in [0.05, 0.1) is 0 Å². The van der Waals surface area contributed by atoms with Crippen LogP contribution in [0.1, 0.15) is 0 Å². The highest BCUT2D eigenvalue weighted by molar-refractivity contribution is 7.25. The van der Waals surface area contributed by atoms with Gasteiger partial charge in [0.2, 0.25) is 0 Å². The van der Waals surface area contributed by atoms with Crippen molar-refractivity contribution in [2.24, 2.45) is 0 Å². The normalized spacial score (nSPS) is 11.2. The second kappa shape index (κ2) is 9.66. The second-order valence-corrected chi connectivity index (χ2v) is 10.6. The summed E-state index contributed by atoms with van der Waals surface area (Å²) in [7, 11) is 0. The smallest absolute Gasteiger partial charge is 0.0384 e. The van der Waals surface area contributed by atoms with E-state index in [0.717, 1.165) is 11.4 Å². The van der Waals surface area contributed by atoms with Gasteiger partial charge in [-0.2, -0.15) is 0 Å². The first-order valence-corrected chi connectivity index (χ1v) is 13.7. The Kier molecular flexibility index (Phi) is 5.73. The molecule has 0 amide bonds. The van der Waals surface area contributed by atoms with Crippen molar-refractivity contribution in [3.05, 3.63) is 146 Å². The van der Waals surface area contributed by atoms with Gasteiger partial charge in [-0.15, -0.1) is 11.3 Å². The first-order chi connectivity index (χ1) is 18.8. The molecule has 180 valence electrons. The first kappa shape index (κ1) is 22.5. The van der Waals surface area contributed by atoms with Gasteiger partial charge in [-0.25, -0.2) is 0 Å². The summed E-state index contributed by atoms with van der Waals surface area (Å²) in [5, 5.41) is 6.21.